The molecule has 0 spiro atoms. The van der Waals surface area contributed by atoms with Gasteiger partial charge in [-0.25, -0.2) is 0 Å². The highest BCUT2D eigenvalue weighted by atomic mass is 16.3. The van der Waals surface area contributed by atoms with Gasteiger partial charge in [0.05, 0.1) is 6.10 Å². The molecule has 3 rings (SSSR count). The zero-order valence-electron chi connectivity index (χ0n) is 12.0. The molecule has 1 saturated carbocycles. The lowest BCUT2D eigenvalue weighted by Crippen LogP contribution is -2.16. The van der Waals surface area contributed by atoms with Gasteiger partial charge in [-0.05, 0) is 55.2 Å². The number of aliphatic hydroxyl groups is 1. The largest absolute Gasteiger partial charge is 0.393 e. The lowest BCUT2D eigenvalue weighted by Gasteiger charge is -2.25. The number of aliphatic hydroxyl groups excluding tert-OH is 1. The maximum Gasteiger partial charge on any atom is 0.0540 e. The van der Waals surface area contributed by atoms with Crippen LogP contribution in [0.2, 0.25) is 0 Å². The Morgan fingerprint density at radius 2 is 1.25 bits per heavy atom. The minimum absolute atomic E-state index is 0.0712. The van der Waals surface area contributed by atoms with Gasteiger partial charge in [0.25, 0.3) is 0 Å². The number of hydrogen-bond acceptors (Lipinski definition) is 1. The first-order valence-corrected chi connectivity index (χ1v) is 7.57. The highest BCUT2D eigenvalue weighted by Gasteiger charge is 2.20. The van der Waals surface area contributed by atoms with Crippen LogP contribution in [0.3, 0.4) is 0 Å². The van der Waals surface area contributed by atoms with Crippen LogP contribution in [0.5, 0.6) is 0 Å². The van der Waals surface area contributed by atoms with Crippen LogP contribution >= 0.6 is 0 Å². The summed E-state index contributed by atoms with van der Waals surface area (Å²) in [5.41, 5.74) is 5.28. The predicted molar refractivity (Wildman–Crippen MR) is 83.8 cm³/mol. The van der Waals surface area contributed by atoms with Crippen molar-refractivity contribution in [3.8, 4) is 11.1 Å². The molecule has 1 aliphatic rings. The van der Waals surface area contributed by atoms with Crippen LogP contribution in [-0.4, -0.2) is 11.2 Å². The summed E-state index contributed by atoms with van der Waals surface area (Å²) in [5, 5.41) is 9.59. The van der Waals surface area contributed by atoms with Gasteiger partial charge in [-0.3, -0.25) is 0 Å². The zero-order valence-corrected chi connectivity index (χ0v) is 12.0. The maximum absolute atomic E-state index is 9.59. The Morgan fingerprint density at radius 1 is 0.750 bits per heavy atom. The van der Waals surface area contributed by atoms with E-state index in [0.717, 1.165) is 25.7 Å². The van der Waals surface area contributed by atoms with E-state index in [1.54, 1.807) is 0 Å². The summed E-state index contributed by atoms with van der Waals surface area (Å²) in [6, 6.07) is 17.7. The molecule has 2 aromatic carbocycles. The summed E-state index contributed by atoms with van der Waals surface area (Å²) in [6.07, 6.45) is 4.06. The van der Waals surface area contributed by atoms with Crippen molar-refractivity contribution in [1.29, 1.82) is 0 Å². The van der Waals surface area contributed by atoms with Gasteiger partial charge in [-0.2, -0.15) is 0 Å². The van der Waals surface area contributed by atoms with Gasteiger partial charge in [0.15, 0.2) is 0 Å². The predicted octanol–water partition coefficient (Wildman–Crippen LogP) is 4.68. The lowest BCUT2D eigenvalue weighted by atomic mass is 9.82. The van der Waals surface area contributed by atoms with Gasteiger partial charge in [-0.15, -0.1) is 0 Å². The number of aryl methyl sites for hydroxylation is 1. The average molecular weight is 266 g/mol. The van der Waals surface area contributed by atoms with Crippen molar-refractivity contribution >= 4 is 0 Å². The second-order valence-corrected chi connectivity index (χ2v) is 5.99. The summed E-state index contributed by atoms with van der Waals surface area (Å²) < 4.78 is 0. The Morgan fingerprint density at radius 3 is 1.80 bits per heavy atom. The molecule has 1 aliphatic carbocycles. The quantitative estimate of drug-likeness (QED) is 0.836. The van der Waals surface area contributed by atoms with Gasteiger partial charge in [0.2, 0.25) is 0 Å². The molecule has 0 heterocycles. The molecular formula is C19H22O. The fourth-order valence-corrected chi connectivity index (χ4v) is 3.10. The van der Waals surface area contributed by atoms with Crippen molar-refractivity contribution in [2.45, 2.75) is 44.6 Å². The molecule has 20 heavy (non-hydrogen) atoms. The molecule has 104 valence electrons. The molecule has 0 aromatic heterocycles. The number of benzene rings is 2. The third-order valence-electron chi connectivity index (χ3n) is 4.46. The second-order valence-electron chi connectivity index (χ2n) is 5.99. The summed E-state index contributed by atoms with van der Waals surface area (Å²) in [7, 11) is 0. The van der Waals surface area contributed by atoms with Crippen molar-refractivity contribution in [3.63, 3.8) is 0 Å². The van der Waals surface area contributed by atoms with Crippen LogP contribution in [0.25, 0.3) is 11.1 Å². The topological polar surface area (TPSA) is 20.2 Å². The molecule has 1 N–H and O–H groups in total. The minimum atomic E-state index is -0.0712. The minimum Gasteiger partial charge on any atom is -0.393 e. The monoisotopic (exact) mass is 266 g/mol. The van der Waals surface area contributed by atoms with Crippen molar-refractivity contribution < 1.29 is 5.11 Å². The van der Waals surface area contributed by atoms with E-state index in [0.29, 0.717) is 5.92 Å². The second kappa shape index (κ2) is 5.80. The van der Waals surface area contributed by atoms with E-state index >= 15 is 0 Å². The van der Waals surface area contributed by atoms with Crippen molar-refractivity contribution in [1.82, 2.24) is 0 Å². The van der Waals surface area contributed by atoms with Crippen molar-refractivity contribution in [3.05, 3.63) is 59.7 Å². The Balaban J connectivity index is 1.76. The zero-order chi connectivity index (χ0) is 13.9. The lowest BCUT2D eigenvalue weighted by molar-refractivity contribution is 0.122. The van der Waals surface area contributed by atoms with E-state index < -0.39 is 0 Å². The first-order chi connectivity index (χ1) is 9.72. The van der Waals surface area contributed by atoms with Crippen LogP contribution in [0.4, 0.5) is 0 Å². The van der Waals surface area contributed by atoms with Gasteiger partial charge in [-0.1, -0.05) is 54.1 Å². The average Bonchev–Trinajstić information content (AvgIpc) is 2.49. The van der Waals surface area contributed by atoms with E-state index in [2.05, 4.69) is 55.5 Å². The summed E-state index contributed by atoms with van der Waals surface area (Å²) in [4.78, 5) is 0. The molecule has 0 bridgehead atoms. The molecular weight excluding hydrogens is 244 g/mol. The SMILES string of the molecule is Cc1ccc(-c2ccc(C3CCC(O)CC3)cc2)cc1. The number of hydrogen-bond donors (Lipinski definition) is 1. The van der Waals surface area contributed by atoms with E-state index in [4.69, 9.17) is 0 Å². The van der Waals surface area contributed by atoms with E-state index in [1.165, 1.54) is 22.3 Å². The Hall–Kier alpha value is -1.60. The fraction of sp³-hybridized carbons (Fsp3) is 0.368. The Labute approximate surface area is 121 Å². The van der Waals surface area contributed by atoms with Crippen LogP contribution in [0, 0.1) is 6.92 Å². The van der Waals surface area contributed by atoms with E-state index in [9.17, 15) is 5.11 Å². The van der Waals surface area contributed by atoms with Gasteiger partial charge >= 0.3 is 0 Å². The molecule has 0 aliphatic heterocycles. The fourth-order valence-electron chi connectivity index (χ4n) is 3.10. The van der Waals surface area contributed by atoms with Crippen molar-refractivity contribution in [2.75, 3.05) is 0 Å². The summed E-state index contributed by atoms with van der Waals surface area (Å²) >= 11 is 0. The van der Waals surface area contributed by atoms with E-state index in [-0.39, 0.29) is 6.10 Å². The first-order valence-electron chi connectivity index (χ1n) is 7.57. The van der Waals surface area contributed by atoms with Crippen molar-refractivity contribution in [2.24, 2.45) is 0 Å². The van der Waals surface area contributed by atoms with Crippen LogP contribution in [-0.2, 0) is 0 Å². The molecule has 1 fully saturated rings. The molecule has 2 aromatic rings. The third kappa shape index (κ3) is 2.94. The van der Waals surface area contributed by atoms with Gasteiger partial charge < -0.3 is 5.11 Å². The smallest absolute Gasteiger partial charge is 0.0540 e. The summed E-state index contributed by atoms with van der Waals surface area (Å²) in [5.74, 6) is 0.630. The normalized spacial score (nSPS) is 22.7. The molecule has 0 atom stereocenters. The molecule has 1 heteroatoms. The Kier molecular flexibility index (Phi) is 3.88. The maximum atomic E-state index is 9.59. The Bertz CT molecular complexity index is 545. The molecule has 0 amide bonds. The highest BCUT2D eigenvalue weighted by Crippen LogP contribution is 2.33. The van der Waals surface area contributed by atoms with Crippen LogP contribution in [0.15, 0.2) is 48.5 Å². The highest BCUT2D eigenvalue weighted by molar-refractivity contribution is 5.64. The van der Waals surface area contributed by atoms with Crippen LogP contribution in [0.1, 0.15) is 42.7 Å². The van der Waals surface area contributed by atoms with E-state index in [1.807, 2.05) is 0 Å². The summed E-state index contributed by atoms with van der Waals surface area (Å²) in [6.45, 7) is 2.12. The molecule has 1 nitrogen and oxygen atoms in total. The molecule has 0 unspecified atom stereocenters. The third-order valence-corrected chi connectivity index (χ3v) is 4.46. The first kappa shape index (κ1) is 13.4. The standard InChI is InChI=1S/C19H22O/c1-14-2-4-15(5-3-14)16-6-8-17(9-7-16)18-10-12-19(20)13-11-18/h2-9,18-20H,10-13H2,1H3. The van der Waals surface area contributed by atoms with Crippen LogP contribution < -0.4 is 0 Å². The van der Waals surface area contributed by atoms with Gasteiger partial charge in [0, 0.05) is 0 Å². The van der Waals surface area contributed by atoms with Gasteiger partial charge in [0.1, 0.15) is 0 Å². The molecule has 0 saturated heterocycles. The molecule has 0 radical (unpaired) electrons. The number of rotatable bonds is 2.